The molecular weight excluding hydrogens is 302 g/mol. The van der Waals surface area contributed by atoms with Gasteiger partial charge in [0.2, 0.25) is 5.91 Å². The van der Waals surface area contributed by atoms with Crippen LogP contribution >= 0.6 is 0 Å². The zero-order valence-corrected chi connectivity index (χ0v) is 14.3. The van der Waals surface area contributed by atoms with Crippen LogP contribution in [0.25, 0.3) is 6.08 Å². The molecule has 0 fully saturated rings. The summed E-state index contributed by atoms with van der Waals surface area (Å²) in [6.07, 6.45) is 3.26. The maximum atomic E-state index is 11.9. The van der Waals surface area contributed by atoms with Gasteiger partial charge in [-0.3, -0.25) is 4.79 Å². The summed E-state index contributed by atoms with van der Waals surface area (Å²) in [5.74, 6) is 1.39. The van der Waals surface area contributed by atoms with Crippen molar-refractivity contribution in [2.45, 2.75) is 13.8 Å². The molecule has 0 aliphatic heterocycles. The molecule has 126 valence electrons. The van der Waals surface area contributed by atoms with Gasteiger partial charge in [0.15, 0.2) is 0 Å². The highest BCUT2D eigenvalue weighted by Gasteiger charge is 2.01. The second-order valence-electron chi connectivity index (χ2n) is 5.53. The summed E-state index contributed by atoms with van der Waals surface area (Å²) in [5, 5.41) is 2.80. The average molecular weight is 325 g/mol. The highest BCUT2D eigenvalue weighted by molar-refractivity contribution is 5.92. The number of nitrogens with one attached hydrogen (secondary N) is 1. The molecule has 1 amide bonds. The topological polar surface area (TPSA) is 47.6 Å². The fourth-order valence-corrected chi connectivity index (χ4v) is 2.26. The van der Waals surface area contributed by atoms with E-state index >= 15 is 0 Å². The van der Waals surface area contributed by atoms with Crippen molar-refractivity contribution in [3.63, 3.8) is 0 Å². The summed E-state index contributed by atoms with van der Waals surface area (Å²) in [6, 6.07) is 13.7. The number of carbonyl (C=O) groups is 1. The second-order valence-corrected chi connectivity index (χ2v) is 5.53. The molecule has 2 aromatic carbocycles. The van der Waals surface area contributed by atoms with Crippen LogP contribution in [0.4, 0.5) is 0 Å². The Balaban J connectivity index is 1.80. The van der Waals surface area contributed by atoms with Gasteiger partial charge >= 0.3 is 0 Å². The molecule has 0 aromatic heterocycles. The van der Waals surface area contributed by atoms with Crippen molar-refractivity contribution in [3.05, 3.63) is 65.2 Å². The molecule has 0 radical (unpaired) electrons. The Morgan fingerprint density at radius 2 is 1.92 bits per heavy atom. The highest BCUT2D eigenvalue weighted by Crippen LogP contribution is 2.20. The third-order valence-electron chi connectivity index (χ3n) is 3.46. The molecule has 0 atom stereocenters. The molecule has 0 unspecified atom stereocenters. The first-order chi connectivity index (χ1) is 11.6. The van der Waals surface area contributed by atoms with Crippen LogP contribution in [0.3, 0.4) is 0 Å². The Hall–Kier alpha value is -2.75. The van der Waals surface area contributed by atoms with E-state index in [-0.39, 0.29) is 5.91 Å². The van der Waals surface area contributed by atoms with Crippen molar-refractivity contribution in [1.29, 1.82) is 0 Å². The number of carbonyl (C=O) groups excluding carboxylic acids is 1. The van der Waals surface area contributed by atoms with E-state index in [9.17, 15) is 4.79 Å². The molecular formula is C20H23NO3. The number of hydrogen-bond donors (Lipinski definition) is 1. The zero-order chi connectivity index (χ0) is 17.4. The van der Waals surface area contributed by atoms with Crippen LogP contribution in [0, 0.1) is 13.8 Å². The molecule has 0 heterocycles. The molecule has 2 aromatic rings. The van der Waals surface area contributed by atoms with Crippen LogP contribution in [0.1, 0.15) is 16.7 Å². The maximum Gasteiger partial charge on any atom is 0.244 e. The minimum Gasteiger partial charge on any atom is -0.496 e. The second kappa shape index (κ2) is 8.77. The molecule has 0 bridgehead atoms. The smallest absolute Gasteiger partial charge is 0.244 e. The molecule has 2 rings (SSSR count). The Bertz CT molecular complexity index is 723. The lowest BCUT2D eigenvalue weighted by Gasteiger charge is -2.07. The Morgan fingerprint density at radius 3 is 2.67 bits per heavy atom. The maximum absolute atomic E-state index is 11.9. The van der Waals surface area contributed by atoms with E-state index in [4.69, 9.17) is 9.47 Å². The molecule has 4 heteroatoms. The summed E-state index contributed by atoms with van der Waals surface area (Å²) >= 11 is 0. The Morgan fingerprint density at radius 1 is 1.12 bits per heavy atom. The number of amides is 1. The van der Waals surface area contributed by atoms with Crippen molar-refractivity contribution >= 4 is 12.0 Å². The minimum atomic E-state index is -0.161. The lowest BCUT2D eigenvalue weighted by atomic mass is 10.1. The predicted octanol–water partition coefficient (Wildman–Crippen LogP) is 3.52. The van der Waals surface area contributed by atoms with Gasteiger partial charge in [-0.25, -0.2) is 0 Å². The SMILES string of the molecule is COc1ccc(C)cc1/C=C/C(=O)NCCOc1cccc(C)c1. The van der Waals surface area contributed by atoms with E-state index < -0.39 is 0 Å². The van der Waals surface area contributed by atoms with Crippen LogP contribution in [0.2, 0.25) is 0 Å². The van der Waals surface area contributed by atoms with Gasteiger partial charge in [0.25, 0.3) is 0 Å². The van der Waals surface area contributed by atoms with Gasteiger partial charge in [0, 0.05) is 11.6 Å². The normalized spacial score (nSPS) is 10.6. The Labute approximate surface area is 143 Å². The number of ether oxygens (including phenoxy) is 2. The fourth-order valence-electron chi connectivity index (χ4n) is 2.26. The van der Waals surface area contributed by atoms with Crippen LogP contribution in [0.15, 0.2) is 48.5 Å². The summed E-state index contributed by atoms with van der Waals surface area (Å²) in [7, 11) is 1.62. The minimum absolute atomic E-state index is 0.161. The van der Waals surface area contributed by atoms with Crippen LogP contribution in [0.5, 0.6) is 11.5 Å². The predicted molar refractivity (Wildman–Crippen MR) is 96.4 cm³/mol. The van der Waals surface area contributed by atoms with E-state index in [1.807, 2.05) is 56.3 Å². The van der Waals surface area contributed by atoms with Gasteiger partial charge in [-0.1, -0.05) is 23.8 Å². The number of hydrogen-bond acceptors (Lipinski definition) is 3. The lowest BCUT2D eigenvalue weighted by Crippen LogP contribution is -2.26. The molecule has 1 N–H and O–H groups in total. The quantitative estimate of drug-likeness (QED) is 0.626. The average Bonchev–Trinajstić information content (AvgIpc) is 2.57. The van der Waals surface area contributed by atoms with Crippen LogP contribution in [-0.2, 0) is 4.79 Å². The molecule has 0 aliphatic rings. The van der Waals surface area contributed by atoms with E-state index in [2.05, 4.69) is 5.32 Å². The number of rotatable bonds is 7. The van der Waals surface area contributed by atoms with Crippen LogP contribution < -0.4 is 14.8 Å². The summed E-state index contributed by atoms with van der Waals surface area (Å²) in [6.45, 7) is 4.89. The first-order valence-corrected chi connectivity index (χ1v) is 7.88. The third kappa shape index (κ3) is 5.47. The zero-order valence-electron chi connectivity index (χ0n) is 14.3. The van der Waals surface area contributed by atoms with Crippen molar-refractivity contribution in [1.82, 2.24) is 5.32 Å². The third-order valence-corrected chi connectivity index (χ3v) is 3.46. The van der Waals surface area contributed by atoms with Gasteiger partial charge < -0.3 is 14.8 Å². The first kappa shape index (κ1) is 17.6. The van der Waals surface area contributed by atoms with Crippen molar-refractivity contribution in [2.75, 3.05) is 20.3 Å². The number of methoxy groups -OCH3 is 1. The monoisotopic (exact) mass is 325 g/mol. The standard InChI is InChI=1S/C20H23NO3/c1-15-5-4-6-18(14-15)24-12-11-21-20(22)10-8-17-13-16(2)7-9-19(17)23-3/h4-10,13-14H,11-12H2,1-3H3,(H,21,22)/b10-8+. The van der Waals surface area contributed by atoms with Gasteiger partial charge in [0.05, 0.1) is 13.7 Å². The van der Waals surface area contributed by atoms with Gasteiger partial charge in [-0.15, -0.1) is 0 Å². The molecule has 0 aliphatic carbocycles. The summed E-state index contributed by atoms with van der Waals surface area (Å²) in [4.78, 5) is 11.9. The molecule has 0 saturated carbocycles. The van der Waals surface area contributed by atoms with E-state index in [0.717, 1.165) is 28.2 Å². The summed E-state index contributed by atoms with van der Waals surface area (Å²) < 4.78 is 10.9. The number of benzene rings is 2. The largest absolute Gasteiger partial charge is 0.496 e. The van der Waals surface area contributed by atoms with E-state index in [1.165, 1.54) is 6.08 Å². The van der Waals surface area contributed by atoms with Crippen molar-refractivity contribution in [2.24, 2.45) is 0 Å². The van der Waals surface area contributed by atoms with E-state index in [1.54, 1.807) is 13.2 Å². The van der Waals surface area contributed by atoms with Crippen LogP contribution in [-0.4, -0.2) is 26.2 Å². The molecule has 0 spiro atoms. The van der Waals surface area contributed by atoms with Gasteiger partial charge in [-0.2, -0.15) is 0 Å². The van der Waals surface area contributed by atoms with Crippen molar-refractivity contribution < 1.29 is 14.3 Å². The lowest BCUT2D eigenvalue weighted by molar-refractivity contribution is -0.116. The first-order valence-electron chi connectivity index (χ1n) is 7.88. The molecule has 24 heavy (non-hydrogen) atoms. The highest BCUT2D eigenvalue weighted by atomic mass is 16.5. The number of aryl methyl sites for hydroxylation is 2. The van der Waals surface area contributed by atoms with Crippen molar-refractivity contribution in [3.8, 4) is 11.5 Å². The van der Waals surface area contributed by atoms with Gasteiger partial charge in [0.1, 0.15) is 18.1 Å². The summed E-state index contributed by atoms with van der Waals surface area (Å²) in [5.41, 5.74) is 3.14. The Kier molecular flexibility index (Phi) is 6.43. The van der Waals surface area contributed by atoms with E-state index in [0.29, 0.717) is 13.2 Å². The van der Waals surface area contributed by atoms with Gasteiger partial charge in [-0.05, 0) is 49.8 Å². The molecule has 0 saturated heterocycles. The fraction of sp³-hybridized carbons (Fsp3) is 0.250. The molecule has 4 nitrogen and oxygen atoms in total.